The molecule has 1 aliphatic heterocycles. The zero-order valence-electron chi connectivity index (χ0n) is 11.0. The molecule has 0 spiro atoms. The van der Waals surface area contributed by atoms with Crippen LogP contribution in [-0.4, -0.2) is 43.9 Å². The van der Waals surface area contributed by atoms with E-state index in [4.69, 9.17) is 11.6 Å². The zero-order chi connectivity index (χ0) is 14.8. The van der Waals surface area contributed by atoms with Crippen molar-refractivity contribution < 1.29 is 17.9 Å². The molecule has 2 heterocycles. The van der Waals surface area contributed by atoms with Gasteiger partial charge in [0.2, 0.25) is 10.0 Å². The maximum Gasteiger partial charge on any atom is 0.308 e. The molecule has 0 aromatic carbocycles. The Balaban J connectivity index is 2.14. The first-order valence-corrected chi connectivity index (χ1v) is 7.96. The fourth-order valence-electron chi connectivity index (χ4n) is 2.19. The van der Waals surface area contributed by atoms with Gasteiger partial charge < -0.3 is 4.74 Å². The maximum absolute atomic E-state index is 12.4. The highest BCUT2D eigenvalue weighted by molar-refractivity contribution is 7.89. The van der Waals surface area contributed by atoms with Crippen molar-refractivity contribution in [2.24, 2.45) is 5.92 Å². The third-order valence-corrected chi connectivity index (χ3v) is 5.71. The van der Waals surface area contributed by atoms with Crippen LogP contribution in [0.15, 0.2) is 23.4 Å². The summed E-state index contributed by atoms with van der Waals surface area (Å²) in [7, 11) is -2.33. The Morgan fingerprint density at radius 2 is 2.10 bits per heavy atom. The Labute approximate surface area is 122 Å². The number of sulfonamides is 1. The molecule has 1 aliphatic rings. The lowest BCUT2D eigenvalue weighted by atomic mass is 9.99. The summed E-state index contributed by atoms with van der Waals surface area (Å²) in [5.74, 6) is -0.530. The molecule has 1 fully saturated rings. The van der Waals surface area contributed by atoms with E-state index in [2.05, 4.69) is 9.72 Å². The van der Waals surface area contributed by atoms with Crippen molar-refractivity contribution in [3.05, 3.63) is 23.5 Å². The number of carbonyl (C=O) groups is 1. The standard InChI is InChI=1S/C12H15ClN2O4S/c1-19-12(16)9-3-6-15(7-4-9)20(17,18)11-8-14-5-2-10(11)13/h2,5,8-9H,3-4,6-7H2,1H3. The van der Waals surface area contributed by atoms with Crippen molar-refractivity contribution in [3.8, 4) is 0 Å². The Morgan fingerprint density at radius 3 is 2.65 bits per heavy atom. The Bertz CT molecular complexity index is 597. The molecular formula is C12H15ClN2O4S. The van der Waals surface area contributed by atoms with Crippen LogP contribution >= 0.6 is 11.6 Å². The van der Waals surface area contributed by atoms with Crippen LogP contribution in [0.3, 0.4) is 0 Å². The Hall–Kier alpha value is -1.18. The van der Waals surface area contributed by atoms with E-state index < -0.39 is 10.0 Å². The Kier molecular flexibility index (Phi) is 4.62. The molecule has 0 saturated carbocycles. The van der Waals surface area contributed by atoms with Gasteiger partial charge in [-0.15, -0.1) is 0 Å². The van der Waals surface area contributed by atoms with E-state index in [1.807, 2.05) is 0 Å². The molecule has 110 valence electrons. The number of hydrogen-bond donors (Lipinski definition) is 0. The van der Waals surface area contributed by atoms with Gasteiger partial charge in [0.1, 0.15) is 4.90 Å². The van der Waals surface area contributed by atoms with Gasteiger partial charge >= 0.3 is 5.97 Å². The molecule has 0 aliphatic carbocycles. The van der Waals surface area contributed by atoms with Crippen molar-refractivity contribution in [2.45, 2.75) is 17.7 Å². The van der Waals surface area contributed by atoms with Crippen molar-refractivity contribution in [3.63, 3.8) is 0 Å². The molecule has 8 heteroatoms. The minimum Gasteiger partial charge on any atom is -0.469 e. The minimum absolute atomic E-state index is 0.00168. The lowest BCUT2D eigenvalue weighted by molar-refractivity contribution is -0.146. The van der Waals surface area contributed by atoms with Gasteiger partial charge in [0.25, 0.3) is 0 Å². The van der Waals surface area contributed by atoms with E-state index in [0.29, 0.717) is 12.8 Å². The predicted octanol–water partition coefficient (Wildman–Crippen LogP) is 1.31. The highest BCUT2D eigenvalue weighted by Gasteiger charge is 2.33. The summed E-state index contributed by atoms with van der Waals surface area (Å²) in [5, 5.41) is 0.148. The normalized spacial score (nSPS) is 17.9. The number of nitrogens with zero attached hydrogens (tertiary/aromatic N) is 2. The number of pyridine rings is 1. The molecule has 0 amide bonds. The highest BCUT2D eigenvalue weighted by Crippen LogP contribution is 2.27. The lowest BCUT2D eigenvalue weighted by Gasteiger charge is -2.29. The number of carbonyl (C=O) groups excluding carboxylic acids is 1. The van der Waals surface area contributed by atoms with Crippen LogP contribution in [0.25, 0.3) is 0 Å². The minimum atomic E-state index is -3.66. The van der Waals surface area contributed by atoms with Gasteiger partial charge in [0.05, 0.1) is 18.1 Å². The zero-order valence-corrected chi connectivity index (χ0v) is 12.5. The van der Waals surface area contributed by atoms with Crippen LogP contribution in [-0.2, 0) is 19.6 Å². The molecule has 0 N–H and O–H groups in total. The molecule has 1 aromatic rings. The number of ether oxygens (including phenoxy) is 1. The number of aromatic nitrogens is 1. The van der Waals surface area contributed by atoms with Gasteiger partial charge in [0.15, 0.2) is 0 Å². The molecule has 0 bridgehead atoms. The second-order valence-electron chi connectivity index (χ2n) is 4.51. The van der Waals surface area contributed by atoms with E-state index in [9.17, 15) is 13.2 Å². The van der Waals surface area contributed by atoms with Gasteiger partial charge in [-0.25, -0.2) is 8.42 Å². The maximum atomic E-state index is 12.4. The molecule has 2 rings (SSSR count). The predicted molar refractivity (Wildman–Crippen MR) is 72.7 cm³/mol. The topological polar surface area (TPSA) is 76.6 Å². The van der Waals surface area contributed by atoms with E-state index in [1.54, 1.807) is 0 Å². The summed E-state index contributed by atoms with van der Waals surface area (Å²) in [6.07, 6.45) is 3.57. The first kappa shape index (κ1) is 15.2. The van der Waals surface area contributed by atoms with Crippen LogP contribution in [0, 0.1) is 5.92 Å². The van der Waals surface area contributed by atoms with E-state index in [1.165, 1.54) is 29.9 Å². The summed E-state index contributed by atoms with van der Waals surface area (Å²) in [6.45, 7) is 0.542. The van der Waals surface area contributed by atoms with Gasteiger partial charge in [-0.1, -0.05) is 11.6 Å². The fourth-order valence-corrected chi connectivity index (χ4v) is 4.07. The number of methoxy groups -OCH3 is 1. The SMILES string of the molecule is COC(=O)C1CCN(S(=O)(=O)c2cnccc2Cl)CC1. The van der Waals surface area contributed by atoms with E-state index >= 15 is 0 Å². The van der Waals surface area contributed by atoms with Crippen LogP contribution in [0.4, 0.5) is 0 Å². The number of halogens is 1. The van der Waals surface area contributed by atoms with Gasteiger partial charge in [-0.05, 0) is 18.9 Å². The summed E-state index contributed by atoms with van der Waals surface area (Å²) in [6, 6.07) is 1.44. The monoisotopic (exact) mass is 318 g/mol. The molecule has 20 heavy (non-hydrogen) atoms. The third-order valence-electron chi connectivity index (χ3n) is 3.34. The second kappa shape index (κ2) is 6.07. The van der Waals surface area contributed by atoms with Crippen molar-refractivity contribution in [2.75, 3.05) is 20.2 Å². The summed E-state index contributed by atoms with van der Waals surface area (Å²) in [4.78, 5) is 15.2. The number of piperidine rings is 1. The molecule has 0 unspecified atom stereocenters. The molecule has 0 atom stereocenters. The van der Waals surface area contributed by atoms with Crippen molar-refractivity contribution in [1.29, 1.82) is 0 Å². The molecule has 1 aromatic heterocycles. The molecule has 1 saturated heterocycles. The summed E-state index contributed by atoms with van der Waals surface area (Å²) in [5.41, 5.74) is 0. The average molecular weight is 319 g/mol. The lowest BCUT2D eigenvalue weighted by Crippen LogP contribution is -2.40. The van der Waals surface area contributed by atoms with Crippen molar-refractivity contribution in [1.82, 2.24) is 9.29 Å². The summed E-state index contributed by atoms with van der Waals surface area (Å²) < 4.78 is 30.9. The molecule has 0 radical (unpaired) electrons. The van der Waals surface area contributed by atoms with Gasteiger partial charge in [-0.3, -0.25) is 9.78 Å². The number of rotatable bonds is 3. The number of esters is 1. The largest absolute Gasteiger partial charge is 0.469 e. The number of hydrogen-bond acceptors (Lipinski definition) is 5. The highest BCUT2D eigenvalue weighted by atomic mass is 35.5. The van der Waals surface area contributed by atoms with Gasteiger partial charge in [0, 0.05) is 25.5 Å². The molecule has 6 nitrogen and oxygen atoms in total. The Morgan fingerprint density at radius 1 is 1.45 bits per heavy atom. The third kappa shape index (κ3) is 2.94. The van der Waals surface area contributed by atoms with Crippen LogP contribution in [0.5, 0.6) is 0 Å². The van der Waals surface area contributed by atoms with E-state index in [-0.39, 0.29) is 34.9 Å². The smallest absolute Gasteiger partial charge is 0.308 e. The van der Waals surface area contributed by atoms with Crippen LogP contribution in [0.2, 0.25) is 5.02 Å². The average Bonchev–Trinajstić information content (AvgIpc) is 2.47. The van der Waals surface area contributed by atoms with E-state index in [0.717, 1.165) is 0 Å². The first-order chi connectivity index (χ1) is 9.46. The quantitative estimate of drug-likeness (QED) is 0.785. The van der Waals surface area contributed by atoms with Crippen LogP contribution < -0.4 is 0 Å². The molecular weight excluding hydrogens is 304 g/mol. The first-order valence-electron chi connectivity index (χ1n) is 6.14. The fraction of sp³-hybridized carbons (Fsp3) is 0.500. The summed E-state index contributed by atoms with van der Waals surface area (Å²) >= 11 is 5.91. The second-order valence-corrected chi connectivity index (χ2v) is 6.82. The van der Waals surface area contributed by atoms with Gasteiger partial charge in [-0.2, -0.15) is 4.31 Å². The van der Waals surface area contributed by atoms with Crippen LogP contribution in [0.1, 0.15) is 12.8 Å². The van der Waals surface area contributed by atoms with Crippen molar-refractivity contribution >= 4 is 27.6 Å².